The number of rotatable bonds is 5. The molecule has 0 unspecified atom stereocenters. The van der Waals surface area contributed by atoms with E-state index in [-0.39, 0.29) is 0 Å². The van der Waals surface area contributed by atoms with E-state index in [2.05, 4.69) is 28.1 Å². The van der Waals surface area contributed by atoms with Crippen molar-refractivity contribution in [3.63, 3.8) is 0 Å². The summed E-state index contributed by atoms with van der Waals surface area (Å²) in [5.74, 6) is 0.941. The summed E-state index contributed by atoms with van der Waals surface area (Å²) in [6.07, 6.45) is 6.63. The fourth-order valence-corrected chi connectivity index (χ4v) is 3.38. The lowest BCUT2D eigenvalue weighted by molar-refractivity contribution is 0.407. The monoisotopic (exact) mass is 362 g/mol. The molecule has 0 saturated heterocycles. The Morgan fingerprint density at radius 2 is 2.04 bits per heavy atom. The maximum Gasteiger partial charge on any atom is 0.264 e. The lowest BCUT2D eigenvalue weighted by atomic mass is 10.0. The molecule has 0 spiro atoms. The maximum atomic E-state index is 6.26. The number of thioether (sulfide) groups is 1. The zero-order valence-electron chi connectivity index (χ0n) is 14.6. The van der Waals surface area contributed by atoms with Crippen LogP contribution >= 0.6 is 24.0 Å². The van der Waals surface area contributed by atoms with Crippen molar-refractivity contribution in [1.82, 2.24) is 15.1 Å². The number of hydrogen-bond acceptors (Lipinski definition) is 6. The first-order valence-corrected chi connectivity index (χ1v) is 9.28. The summed E-state index contributed by atoms with van der Waals surface area (Å²) in [7, 11) is 0. The molecule has 24 heavy (non-hydrogen) atoms. The zero-order valence-corrected chi connectivity index (χ0v) is 16.2. The van der Waals surface area contributed by atoms with Gasteiger partial charge in [0.05, 0.1) is 4.91 Å². The molecular formula is C17H22N4OS2. The van der Waals surface area contributed by atoms with Gasteiger partial charge in [-0.25, -0.2) is 0 Å². The van der Waals surface area contributed by atoms with Crippen LogP contribution < -0.4 is 5.73 Å². The molecule has 0 atom stereocenters. The number of nitrogens with two attached hydrogens (primary N) is 1. The van der Waals surface area contributed by atoms with E-state index in [1.54, 1.807) is 17.8 Å². The van der Waals surface area contributed by atoms with E-state index in [0.717, 1.165) is 33.7 Å². The Hall–Kier alpha value is -1.86. The quantitative estimate of drug-likeness (QED) is 0.755. The number of aromatic nitrogens is 3. The first-order valence-electron chi connectivity index (χ1n) is 7.64. The van der Waals surface area contributed by atoms with E-state index in [1.807, 2.05) is 27.0 Å². The van der Waals surface area contributed by atoms with Crippen molar-refractivity contribution in [2.24, 2.45) is 5.73 Å². The van der Waals surface area contributed by atoms with E-state index in [9.17, 15) is 0 Å². The highest BCUT2D eigenvalue weighted by Crippen LogP contribution is 2.25. The molecule has 0 radical (unpaired) electrons. The molecule has 0 amide bonds. The lowest BCUT2D eigenvalue weighted by Gasteiger charge is -2.11. The van der Waals surface area contributed by atoms with Crippen LogP contribution in [-0.2, 0) is 0 Å². The molecule has 2 aromatic rings. The van der Waals surface area contributed by atoms with E-state index in [4.69, 9.17) is 22.5 Å². The van der Waals surface area contributed by atoms with Gasteiger partial charge in [0.15, 0.2) is 5.82 Å². The average Bonchev–Trinajstić information content (AvgIpc) is 2.98. The molecule has 7 heteroatoms. The van der Waals surface area contributed by atoms with Gasteiger partial charge in [-0.15, -0.1) is 11.8 Å². The molecule has 2 rings (SSSR count). The fourth-order valence-electron chi connectivity index (χ4n) is 2.36. The van der Waals surface area contributed by atoms with Gasteiger partial charge >= 0.3 is 0 Å². The Morgan fingerprint density at radius 3 is 2.67 bits per heavy atom. The normalized spacial score (nSPS) is 12.7. The Balaban J connectivity index is 2.43. The van der Waals surface area contributed by atoms with Crippen molar-refractivity contribution >= 4 is 40.7 Å². The molecule has 0 saturated carbocycles. The number of pyridine rings is 1. The third-order valence-electron chi connectivity index (χ3n) is 3.86. The number of H-pyrrole nitrogens is 1. The van der Waals surface area contributed by atoms with E-state index in [0.29, 0.717) is 22.1 Å². The lowest BCUT2D eigenvalue weighted by Crippen LogP contribution is -2.05. The summed E-state index contributed by atoms with van der Waals surface area (Å²) >= 11 is 7.00. The van der Waals surface area contributed by atoms with Crippen molar-refractivity contribution in [3.05, 3.63) is 44.8 Å². The SMILES string of the molecule is CC/C=C(\SC)c1nc(/C=C(\N)c2c(C)c(C)c(C)[nH]c2=S)no1. The van der Waals surface area contributed by atoms with Gasteiger partial charge in [0.1, 0.15) is 4.64 Å². The maximum absolute atomic E-state index is 6.26. The van der Waals surface area contributed by atoms with Crippen LogP contribution in [-0.4, -0.2) is 21.4 Å². The number of aryl methyl sites for hydroxylation is 1. The van der Waals surface area contributed by atoms with Crippen LogP contribution in [0.25, 0.3) is 16.7 Å². The van der Waals surface area contributed by atoms with E-state index >= 15 is 0 Å². The predicted octanol–water partition coefficient (Wildman–Crippen LogP) is 4.62. The molecule has 0 aliphatic rings. The van der Waals surface area contributed by atoms with E-state index < -0.39 is 0 Å². The number of nitrogens with zero attached hydrogens (tertiary/aromatic N) is 2. The molecule has 2 aromatic heterocycles. The molecule has 5 nitrogen and oxygen atoms in total. The van der Waals surface area contributed by atoms with Crippen LogP contribution in [0.4, 0.5) is 0 Å². The second-order valence-corrected chi connectivity index (χ2v) is 6.70. The summed E-state index contributed by atoms with van der Waals surface area (Å²) < 4.78 is 5.94. The predicted molar refractivity (Wildman–Crippen MR) is 104 cm³/mol. The molecule has 0 bridgehead atoms. The molecule has 2 heterocycles. The first-order chi connectivity index (χ1) is 11.4. The number of allylic oxidation sites excluding steroid dienone is 1. The van der Waals surface area contributed by atoms with Crippen molar-refractivity contribution < 1.29 is 4.52 Å². The summed E-state index contributed by atoms with van der Waals surface area (Å²) in [5, 5.41) is 3.99. The van der Waals surface area contributed by atoms with Crippen LogP contribution in [0.1, 0.15) is 47.4 Å². The molecule has 128 valence electrons. The standard InChI is InChI=1S/C17H22N4OS2/c1-6-7-13(24-5)16-20-14(21-22-16)8-12(18)15-10(3)9(2)11(4)19-17(15)23/h7-8H,6,18H2,1-5H3,(H,19,23)/b12-8-,13-7-. The number of hydrogen-bond donors (Lipinski definition) is 2. The van der Waals surface area contributed by atoms with Crippen molar-refractivity contribution in [1.29, 1.82) is 0 Å². The van der Waals surface area contributed by atoms with Crippen LogP contribution in [0.15, 0.2) is 10.6 Å². The smallest absolute Gasteiger partial charge is 0.264 e. The van der Waals surface area contributed by atoms with Gasteiger partial charge in [0.25, 0.3) is 5.89 Å². The number of aromatic amines is 1. The van der Waals surface area contributed by atoms with Crippen molar-refractivity contribution in [2.45, 2.75) is 34.1 Å². The third-order valence-corrected chi connectivity index (χ3v) is 4.95. The second kappa shape index (κ2) is 7.81. The Morgan fingerprint density at radius 1 is 1.33 bits per heavy atom. The topological polar surface area (TPSA) is 80.7 Å². The minimum absolute atomic E-state index is 0.436. The second-order valence-electron chi connectivity index (χ2n) is 5.44. The highest BCUT2D eigenvalue weighted by molar-refractivity contribution is 8.07. The zero-order chi connectivity index (χ0) is 17.9. The summed E-state index contributed by atoms with van der Waals surface area (Å²) in [6, 6.07) is 0. The molecule has 0 aromatic carbocycles. The van der Waals surface area contributed by atoms with Gasteiger partial charge in [-0.05, 0) is 44.6 Å². The third kappa shape index (κ3) is 3.79. The average molecular weight is 363 g/mol. The number of nitrogens with one attached hydrogen (secondary N) is 1. The highest BCUT2D eigenvalue weighted by Gasteiger charge is 2.13. The Kier molecular flexibility index (Phi) is 6.01. The first kappa shape index (κ1) is 18.5. The van der Waals surface area contributed by atoms with Crippen LogP contribution in [0, 0.1) is 25.4 Å². The molecular weight excluding hydrogens is 340 g/mol. The van der Waals surface area contributed by atoms with Crippen molar-refractivity contribution in [3.8, 4) is 0 Å². The van der Waals surface area contributed by atoms with Crippen LogP contribution in [0.5, 0.6) is 0 Å². The fraction of sp³-hybridized carbons (Fsp3) is 0.353. The van der Waals surface area contributed by atoms with Crippen molar-refractivity contribution in [2.75, 3.05) is 6.26 Å². The van der Waals surface area contributed by atoms with Gasteiger partial charge in [0.2, 0.25) is 0 Å². The van der Waals surface area contributed by atoms with Gasteiger partial charge in [-0.1, -0.05) is 30.4 Å². The van der Waals surface area contributed by atoms with Gasteiger partial charge in [-0.2, -0.15) is 4.98 Å². The summed E-state index contributed by atoms with van der Waals surface area (Å²) in [6.45, 7) is 8.12. The highest BCUT2D eigenvalue weighted by atomic mass is 32.2. The van der Waals surface area contributed by atoms with Crippen LogP contribution in [0.2, 0.25) is 0 Å². The van der Waals surface area contributed by atoms with Gasteiger partial charge in [0, 0.05) is 23.0 Å². The Bertz CT molecular complexity index is 862. The summed E-state index contributed by atoms with van der Waals surface area (Å²) in [5.41, 5.74) is 10.8. The minimum Gasteiger partial charge on any atom is -0.398 e. The molecule has 0 fully saturated rings. The Labute approximate surface area is 151 Å². The van der Waals surface area contributed by atoms with E-state index in [1.165, 1.54) is 0 Å². The summed E-state index contributed by atoms with van der Waals surface area (Å²) in [4.78, 5) is 8.54. The molecule has 0 aliphatic carbocycles. The molecule has 0 aliphatic heterocycles. The minimum atomic E-state index is 0.436. The van der Waals surface area contributed by atoms with Gasteiger partial charge < -0.3 is 15.2 Å². The van der Waals surface area contributed by atoms with Crippen LogP contribution in [0.3, 0.4) is 0 Å². The van der Waals surface area contributed by atoms with Gasteiger partial charge in [-0.3, -0.25) is 0 Å². The molecule has 3 N–H and O–H groups in total. The largest absolute Gasteiger partial charge is 0.398 e.